The number of amides is 1. The van der Waals surface area contributed by atoms with Gasteiger partial charge in [-0.05, 0) is 79.1 Å². The molecular formula is C29H34N2O5. The number of carbonyl (C=O) groups excluding carboxylic acids is 1. The fourth-order valence-corrected chi connectivity index (χ4v) is 4.66. The van der Waals surface area contributed by atoms with Gasteiger partial charge in [-0.2, -0.15) is 0 Å². The first-order valence-corrected chi connectivity index (χ1v) is 12.1. The molecule has 190 valence electrons. The van der Waals surface area contributed by atoms with Crippen molar-refractivity contribution in [1.29, 1.82) is 0 Å². The van der Waals surface area contributed by atoms with Crippen LogP contribution in [0.4, 0.5) is 5.69 Å². The molecule has 3 aromatic rings. The molecule has 1 aliphatic rings. The molecule has 0 saturated carbocycles. The highest BCUT2D eigenvalue weighted by atomic mass is 16.5. The summed E-state index contributed by atoms with van der Waals surface area (Å²) in [5, 5.41) is 0. The lowest BCUT2D eigenvalue weighted by atomic mass is 10.00. The number of hydrogen-bond acceptors (Lipinski definition) is 6. The quantitative estimate of drug-likeness (QED) is 0.419. The van der Waals surface area contributed by atoms with Crippen LogP contribution in [0.15, 0.2) is 66.7 Å². The molecule has 1 saturated heterocycles. The molecule has 1 heterocycles. The SMILES string of the molecule is COc1ccc(C(=O)N(c2ccc(OC)cc2)C2CCN(Cc3cc(OC)cc(OC)c3)CC2)cc1. The van der Waals surface area contributed by atoms with Gasteiger partial charge in [0.05, 0.1) is 28.4 Å². The Balaban J connectivity index is 1.51. The van der Waals surface area contributed by atoms with Crippen LogP contribution in [-0.2, 0) is 6.54 Å². The van der Waals surface area contributed by atoms with E-state index >= 15 is 0 Å². The third-order valence-electron chi connectivity index (χ3n) is 6.65. The maximum atomic E-state index is 13.7. The van der Waals surface area contributed by atoms with Crippen LogP contribution in [0.1, 0.15) is 28.8 Å². The Hall–Kier alpha value is -3.71. The Morgan fingerprint density at radius 3 is 1.75 bits per heavy atom. The molecule has 3 aromatic carbocycles. The Labute approximate surface area is 213 Å². The highest BCUT2D eigenvalue weighted by Crippen LogP contribution is 2.30. The number of anilines is 1. The Morgan fingerprint density at radius 1 is 0.750 bits per heavy atom. The average molecular weight is 491 g/mol. The minimum Gasteiger partial charge on any atom is -0.497 e. The zero-order valence-electron chi connectivity index (χ0n) is 21.4. The zero-order chi connectivity index (χ0) is 25.5. The van der Waals surface area contributed by atoms with Crippen LogP contribution in [0.2, 0.25) is 0 Å². The second-order valence-corrected chi connectivity index (χ2v) is 8.83. The van der Waals surface area contributed by atoms with Crippen molar-refractivity contribution in [1.82, 2.24) is 4.90 Å². The predicted molar refractivity (Wildman–Crippen MR) is 141 cm³/mol. The van der Waals surface area contributed by atoms with E-state index < -0.39 is 0 Å². The van der Waals surface area contributed by atoms with E-state index in [0.29, 0.717) is 5.56 Å². The van der Waals surface area contributed by atoms with E-state index in [1.165, 1.54) is 0 Å². The van der Waals surface area contributed by atoms with E-state index in [4.69, 9.17) is 18.9 Å². The molecule has 0 spiro atoms. The van der Waals surface area contributed by atoms with Gasteiger partial charge in [-0.1, -0.05) is 0 Å². The van der Waals surface area contributed by atoms with Gasteiger partial charge in [0.15, 0.2) is 0 Å². The maximum Gasteiger partial charge on any atom is 0.258 e. The van der Waals surface area contributed by atoms with Crippen LogP contribution >= 0.6 is 0 Å². The minimum atomic E-state index is -0.0150. The lowest BCUT2D eigenvalue weighted by Crippen LogP contribution is -2.47. The molecule has 36 heavy (non-hydrogen) atoms. The summed E-state index contributed by atoms with van der Waals surface area (Å²) in [5.74, 6) is 3.05. The second-order valence-electron chi connectivity index (χ2n) is 8.83. The van der Waals surface area contributed by atoms with Crippen molar-refractivity contribution in [3.8, 4) is 23.0 Å². The first-order chi connectivity index (χ1) is 17.5. The molecule has 1 fully saturated rings. The number of piperidine rings is 1. The van der Waals surface area contributed by atoms with Gasteiger partial charge in [0.1, 0.15) is 23.0 Å². The van der Waals surface area contributed by atoms with Crippen molar-refractivity contribution >= 4 is 11.6 Å². The van der Waals surface area contributed by atoms with E-state index in [1.54, 1.807) is 28.4 Å². The maximum absolute atomic E-state index is 13.7. The van der Waals surface area contributed by atoms with Crippen molar-refractivity contribution in [3.05, 3.63) is 77.9 Å². The summed E-state index contributed by atoms with van der Waals surface area (Å²) < 4.78 is 21.4. The Kier molecular flexibility index (Phi) is 8.33. The van der Waals surface area contributed by atoms with Crippen molar-refractivity contribution in [2.24, 2.45) is 0 Å². The summed E-state index contributed by atoms with van der Waals surface area (Å²) in [6.45, 7) is 2.56. The fraction of sp³-hybridized carbons (Fsp3) is 0.345. The van der Waals surface area contributed by atoms with Gasteiger partial charge in [-0.15, -0.1) is 0 Å². The number of carbonyl (C=O) groups is 1. The number of rotatable bonds is 9. The standard InChI is InChI=1S/C29H34N2O5/c1-33-25-9-5-22(6-10-25)29(32)31(23-7-11-26(34-2)12-8-23)24-13-15-30(16-14-24)20-21-17-27(35-3)19-28(18-21)36-4/h5-12,17-19,24H,13-16,20H2,1-4H3. The summed E-state index contributed by atoms with van der Waals surface area (Å²) in [5.41, 5.74) is 2.65. The summed E-state index contributed by atoms with van der Waals surface area (Å²) in [6, 6.07) is 21.1. The third kappa shape index (κ3) is 5.91. The van der Waals surface area contributed by atoms with E-state index in [0.717, 1.165) is 66.7 Å². The van der Waals surface area contributed by atoms with E-state index in [2.05, 4.69) is 4.90 Å². The normalized spacial score (nSPS) is 14.2. The number of ether oxygens (including phenoxy) is 4. The smallest absolute Gasteiger partial charge is 0.258 e. The van der Waals surface area contributed by atoms with Gasteiger partial charge in [0, 0.05) is 43.0 Å². The average Bonchev–Trinajstić information content (AvgIpc) is 2.94. The van der Waals surface area contributed by atoms with Gasteiger partial charge in [0.25, 0.3) is 5.91 Å². The molecule has 7 heteroatoms. The number of benzene rings is 3. The van der Waals surface area contributed by atoms with Crippen molar-refractivity contribution in [2.45, 2.75) is 25.4 Å². The molecule has 0 aromatic heterocycles. The van der Waals surface area contributed by atoms with Gasteiger partial charge in [-0.25, -0.2) is 0 Å². The van der Waals surface area contributed by atoms with Crippen molar-refractivity contribution in [3.63, 3.8) is 0 Å². The molecule has 0 radical (unpaired) electrons. The summed E-state index contributed by atoms with van der Waals surface area (Å²) in [7, 11) is 6.59. The molecule has 4 rings (SSSR count). The first-order valence-electron chi connectivity index (χ1n) is 12.1. The molecule has 7 nitrogen and oxygen atoms in total. The van der Waals surface area contributed by atoms with Crippen LogP contribution in [0.5, 0.6) is 23.0 Å². The Bertz CT molecular complexity index is 1120. The van der Waals surface area contributed by atoms with E-state index in [1.807, 2.05) is 71.6 Å². The number of likely N-dealkylation sites (tertiary alicyclic amines) is 1. The summed E-state index contributed by atoms with van der Waals surface area (Å²) in [6.07, 6.45) is 1.74. The van der Waals surface area contributed by atoms with Crippen LogP contribution in [0.3, 0.4) is 0 Å². The van der Waals surface area contributed by atoms with Crippen LogP contribution < -0.4 is 23.8 Å². The molecule has 1 aliphatic heterocycles. The van der Waals surface area contributed by atoms with Gasteiger partial charge >= 0.3 is 0 Å². The highest BCUT2D eigenvalue weighted by molar-refractivity contribution is 6.06. The lowest BCUT2D eigenvalue weighted by molar-refractivity contribution is 0.0958. The third-order valence-corrected chi connectivity index (χ3v) is 6.65. The number of nitrogens with zero attached hydrogens (tertiary/aromatic N) is 2. The van der Waals surface area contributed by atoms with E-state index in [-0.39, 0.29) is 11.9 Å². The molecule has 0 atom stereocenters. The van der Waals surface area contributed by atoms with Crippen molar-refractivity contribution in [2.75, 3.05) is 46.4 Å². The van der Waals surface area contributed by atoms with Crippen molar-refractivity contribution < 1.29 is 23.7 Å². The summed E-state index contributed by atoms with van der Waals surface area (Å²) >= 11 is 0. The number of hydrogen-bond donors (Lipinski definition) is 0. The molecule has 0 aliphatic carbocycles. The molecule has 0 N–H and O–H groups in total. The molecule has 0 unspecified atom stereocenters. The zero-order valence-corrected chi connectivity index (χ0v) is 21.4. The highest BCUT2D eigenvalue weighted by Gasteiger charge is 2.30. The minimum absolute atomic E-state index is 0.0150. The van der Waals surface area contributed by atoms with Gasteiger partial charge < -0.3 is 23.8 Å². The van der Waals surface area contributed by atoms with Crippen LogP contribution in [0.25, 0.3) is 0 Å². The predicted octanol–water partition coefficient (Wildman–Crippen LogP) is 5.03. The lowest BCUT2D eigenvalue weighted by Gasteiger charge is -2.38. The van der Waals surface area contributed by atoms with Gasteiger partial charge in [0.2, 0.25) is 0 Å². The van der Waals surface area contributed by atoms with Gasteiger partial charge in [-0.3, -0.25) is 9.69 Å². The molecular weight excluding hydrogens is 456 g/mol. The molecule has 1 amide bonds. The van der Waals surface area contributed by atoms with Crippen LogP contribution in [0, 0.1) is 0 Å². The molecule has 0 bridgehead atoms. The van der Waals surface area contributed by atoms with E-state index in [9.17, 15) is 4.79 Å². The fourth-order valence-electron chi connectivity index (χ4n) is 4.66. The topological polar surface area (TPSA) is 60.5 Å². The first kappa shape index (κ1) is 25.4. The summed E-state index contributed by atoms with van der Waals surface area (Å²) in [4.78, 5) is 18.1. The Morgan fingerprint density at radius 2 is 1.25 bits per heavy atom. The van der Waals surface area contributed by atoms with Crippen LogP contribution in [-0.4, -0.2) is 58.4 Å². The largest absolute Gasteiger partial charge is 0.497 e. The number of methoxy groups -OCH3 is 4. The monoisotopic (exact) mass is 490 g/mol. The second kappa shape index (κ2) is 11.8.